The van der Waals surface area contributed by atoms with Crippen molar-refractivity contribution < 1.29 is 27.0 Å². The number of unbranched alkanes of at least 4 members (excludes halogenated alkanes) is 1. The van der Waals surface area contributed by atoms with E-state index in [-0.39, 0.29) is 17.4 Å². The Labute approximate surface area is 168 Å². The molecule has 0 N–H and O–H groups in total. The molecule has 2 aromatic rings. The summed E-state index contributed by atoms with van der Waals surface area (Å²) in [5.74, 6) is -3.30. The molecule has 0 amide bonds. The van der Waals surface area contributed by atoms with Gasteiger partial charge in [0.2, 0.25) is 0 Å². The molecule has 0 radical (unpaired) electrons. The number of hydrogen-bond acceptors (Lipinski definition) is 2. The van der Waals surface area contributed by atoms with E-state index in [0.717, 1.165) is 63.5 Å². The minimum atomic E-state index is -1.14. The molecule has 0 aromatic heterocycles. The highest BCUT2D eigenvalue weighted by molar-refractivity contribution is 5.65. The van der Waals surface area contributed by atoms with Crippen LogP contribution in [-0.2, 0) is 15.9 Å². The summed E-state index contributed by atoms with van der Waals surface area (Å²) in [6.07, 6.45) is 4.83. The molecule has 2 nitrogen and oxygen atoms in total. The Morgan fingerprint density at radius 3 is 2.14 bits per heavy atom. The quantitative estimate of drug-likeness (QED) is 0.370. The zero-order chi connectivity index (χ0) is 20.8. The fraction of sp³-hybridized carbons (Fsp3) is 0.478. The number of benzene rings is 2. The summed E-state index contributed by atoms with van der Waals surface area (Å²) >= 11 is 0. The Hall–Kier alpha value is -1.92. The maximum atomic E-state index is 14.4. The van der Waals surface area contributed by atoms with Crippen LogP contribution in [-0.4, -0.2) is 19.5 Å². The highest BCUT2D eigenvalue weighted by Crippen LogP contribution is 2.29. The minimum absolute atomic E-state index is 0.0292. The molecule has 3 rings (SSSR count). The van der Waals surface area contributed by atoms with Crippen LogP contribution in [0.25, 0.3) is 11.1 Å². The Morgan fingerprint density at radius 1 is 0.828 bits per heavy atom. The number of rotatable bonds is 8. The summed E-state index contributed by atoms with van der Waals surface area (Å²) in [5.41, 5.74) is 0.150. The van der Waals surface area contributed by atoms with Crippen LogP contribution in [0, 0.1) is 29.2 Å². The van der Waals surface area contributed by atoms with Gasteiger partial charge in [0.25, 0.3) is 0 Å². The van der Waals surface area contributed by atoms with Gasteiger partial charge in [-0.25, -0.2) is 17.6 Å². The van der Waals surface area contributed by atoms with E-state index in [1.54, 1.807) is 0 Å². The lowest BCUT2D eigenvalue weighted by Crippen LogP contribution is -2.31. The molecule has 1 heterocycles. The Bertz CT molecular complexity index is 794. The molecular formula is C23H26F4O2. The Kier molecular flexibility index (Phi) is 7.67. The normalized spacial score (nSPS) is 19.5. The summed E-state index contributed by atoms with van der Waals surface area (Å²) < 4.78 is 66.7. The van der Waals surface area contributed by atoms with Gasteiger partial charge in [0.1, 0.15) is 11.6 Å². The lowest BCUT2D eigenvalue weighted by Gasteiger charge is -2.29. The highest BCUT2D eigenvalue weighted by Gasteiger charge is 2.21. The van der Waals surface area contributed by atoms with Crippen molar-refractivity contribution in [2.75, 3.05) is 13.2 Å². The average Bonchev–Trinajstić information content (AvgIpc) is 2.69. The first-order valence-electron chi connectivity index (χ1n) is 10.1. The zero-order valence-corrected chi connectivity index (χ0v) is 16.5. The van der Waals surface area contributed by atoms with E-state index < -0.39 is 23.3 Å². The third-order valence-corrected chi connectivity index (χ3v) is 5.20. The molecule has 29 heavy (non-hydrogen) atoms. The van der Waals surface area contributed by atoms with Crippen LogP contribution in [0.15, 0.2) is 30.3 Å². The SMILES string of the molecule is CCCC1COC(CCCCc2cc(F)c(-c3ccc(F)c(F)c3)c(F)c2)OC1. The van der Waals surface area contributed by atoms with Crippen molar-refractivity contribution in [1.29, 1.82) is 0 Å². The summed E-state index contributed by atoms with van der Waals surface area (Å²) in [5, 5.41) is 0. The van der Waals surface area contributed by atoms with Crippen LogP contribution in [0.3, 0.4) is 0 Å². The zero-order valence-electron chi connectivity index (χ0n) is 16.5. The van der Waals surface area contributed by atoms with Gasteiger partial charge in [-0.15, -0.1) is 0 Å². The largest absolute Gasteiger partial charge is 0.352 e. The first-order valence-corrected chi connectivity index (χ1v) is 10.1. The smallest absolute Gasteiger partial charge is 0.159 e. The van der Waals surface area contributed by atoms with Crippen LogP contribution in [0.1, 0.15) is 44.6 Å². The number of ether oxygens (including phenoxy) is 2. The molecule has 1 saturated heterocycles. The second-order valence-electron chi connectivity index (χ2n) is 7.56. The van der Waals surface area contributed by atoms with Crippen molar-refractivity contribution in [2.45, 2.75) is 51.7 Å². The van der Waals surface area contributed by atoms with Gasteiger partial charge in [0, 0.05) is 5.92 Å². The predicted octanol–water partition coefficient (Wildman–Crippen LogP) is 6.41. The third kappa shape index (κ3) is 5.80. The van der Waals surface area contributed by atoms with E-state index in [4.69, 9.17) is 9.47 Å². The van der Waals surface area contributed by atoms with Crippen molar-refractivity contribution in [2.24, 2.45) is 5.92 Å². The Balaban J connectivity index is 1.51. The van der Waals surface area contributed by atoms with Crippen molar-refractivity contribution >= 4 is 0 Å². The second-order valence-corrected chi connectivity index (χ2v) is 7.56. The van der Waals surface area contributed by atoms with E-state index in [2.05, 4.69) is 6.92 Å². The van der Waals surface area contributed by atoms with Crippen LogP contribution < -0.4 is 0 Å². The van der Waals surface area contributed by atoms with E-state index in [1.165, 1.54) is 12.1 Å². The molecule has 158 valence electrons. The molecule has 0 atom stereocenters. The van der Waals surface area contributed by atoms with Gasteiger partial charge in [-0.1, -0.05) is 19.4 Å². The molecule has 2 aromatic carbocycles. The first kappa shape index (κ1) is 21.8. The summed E-state index contributed by atoms with van der Waals surface area (Å²) in [7, 11) is 0. The fourth-order valence-corrected chi connectivity index (χ4v) is 3.66. The van der Waals surface area contributed by atoms with Crippen LogP contribution >= 0.6 is 0 Å². The van der Waals surface area contributed by atoms with E-state index in [0.29, 0.717) is 17.9 Å². The second kappa shape index (κ2) is 10.2. The molecule has 0 unspecified atom stereocenters. The van der Waals surface area contributed by atoms with Gasteiger partial charge < -0.3 is 9.47 Å². The van der Waals surface area contributed by atoms with Crippen LogP contribution in [0.4, 0.5) is 17.6 Å². The average molecular weight is 410 g/mol. The summed E-state index contributed by atoms with van der Waals surface area (Å²) in [4.78, 5) is 0. The molecule has 0 aliphatic carbocycles. The van der Waals surface area contributed by atoms with Crippen molar-refractivity contribution in [3.63, 3.8) is 0 Å². The van der Waals surface area contributed by atoms with Gasteiger partial charge in [-0.2, -0.15) is 0 Å². The molecule has 0 bridgehead atoms. The van der Waals surface area contributed by atoms with Gasteiger partial charge >= 0.3 is 0 Å². The van der Waals surface area contributed by atoms with Crippen molar-refractivity contribution in [3.05, 3.63) is 59.2 Å². The lowest BCUT2D eigenvalue weighted by atomic mass is 9.99. The monoisotopic (exact) mass is 410 g/mol. The number of halogens is 4. The maximum Gasteiger partial charge on any atom is 0.159 e. The van der Waals surface area contributed by atoms with Crippen LogP contribution in [0.5, 0.6) is 0 Å². The summed E-state index contributed by atoms with van der Waals surface area (Å²) in [6.45, 7) is 3.59. The van der Waals surface area contributed by atoms with E-state index in [1.807, 2.05) is 0 Å². The third-order valence-electron chi connectivity index (χ3n) is 5.20. The van der Waals surface area contributed by atoms with E-state index >= 15 is 0 Å². The topological polar surface area (TPSA) is 18.5 Å². The first-order chi connectivity index (χ1) is 14.0. The minimum Gasteiger partial charge on any atom is -0.352 e. The molecule has 1 aliphatic heterocycles. The van der Waals surface area contributed by atoms with Crippen molar-refractivity contribution in [3.8, 4) is 11.1 Å². The maximum absolute atomic E-state index is 14.4. The highest BCUT2D eigenvalue weighted by atomic mass is 19.2. The molecule has 1 fully saturated rings. The lowest BCUT2D eigenvalue weighted by molar-refractivity contribution is -0.204. The van der Waals surface area contributed by atoms with Crippen LogP contribution in [0.2, 0.25) is 0 Å². The molecule has 0 spiro atoms. The molecule has 6 heteroatoms. The fourth-order valence-electron chi connectivity index (χ4n) is 3.66. The van der Waals surface area contributed by atoms with Gasteiger partial charge in [-0.3, -0.25) is 0 Å². The predicted molar refractivity (Wildman–Crippen MR) is 103 cm³/mol. The molecule has 0 saturated carbocycles. The summed E-state index contributed by atoms with van der Waals surface area (Å²) in [6, 6.07) is 5.32. The molecule has 1 aliphatic rings. The van der Waals surface area contributed by atoms with Gasteiger partial charge in [0.05, 0.1) is 18.8 Å². The molecular weight excluding hydrogens is 384 g/mol. The Morgan fingerprint density at radius 2 is 1.52 bits per heavy atom. The standard InChI is InChI=1S/C23H26F4O2/c1-2-5-16-13-28-22(29-14-16)7-4-3-6-15-10-20(26)23(21(27)11-15)17-8-9-18(24)19(25)12-17/h8-12,16,22H,2-7,13-14H2,1H3. The van der Waals surface area contributed by atoms with E-state index in [9.17, 15) is 17.6 Å². The van der Waals surface area contributed by atoms with Gasteiger partial charge in [-0.05, 0) is 67.5 Å². The van der Waals surface area contributed by atoms with Crippen molar-refractivity contribution in [1.82, 2.24) is 0 Å². The number of hydrogen-bond donors (Lipinski definition) is 0. The number of aryl methyl sites for hydroxylation is 1. The van der Waals surface area contributed by atoms with Gasteiger partial charge in [0.15, 0.2) is 17.9 Å².